The van der Waals surface area contributed by atoms with Crippen molar-refractivity contribution in [1.82, 2.24) is 20.1 Å². The van der Waals surface area contributed by atoms with Gasteiger partial charge in [-0.2, -0.15) is 14.6 Å². The van der Waals surface area contributed by atoms with Gasteiger partial charge in [0.2, 0.25) is 11.9 Å². The summed E-state index contributed by atoms with van der Waals surface area (Å²) in [7, 11) is 0. The van der Waals surface area contributed by atoms with Crippen molar-refractivity contribution < 1.29 is 9.59 Å². The molecule has 1 fully saturated rings. The van der Waals surface area contributed by atoms with E-state index in [4.69, 9.17) is 38.5 Å². The van der Waals surface area contributed by atoms with E-state index in [2.05, 4.69) is 56.2 Å². The van der Waals surface area contributed by atoms with Crippen molar-refractivity contribution in [2.24, 2.45) is 0 Å². The number of aromatic amines is 1. The number of anilines is 2. The molecule has 1 aliphatic rings. The van der Waals surface area contributed by atoms with Gasteiger partial charge in [0.25, 0.3) is 0 Å². The second-order valence-electron chi connectivity index (χ2n) is 8.16. The fourth-order valence-electron chi connectivity index (χ4n) is 4.34. The second kappa shape index (κ2) is 12.5. The Kier molecular flexibility index (Phi) is 9.48. The first-order valence-corrected chi connectivity index (χ1v) is 11.8. The molecule has 8 nitrogen and oxygen atoms in total. The molecule has 0 radical (unpaired) electrons. The number of nitrogens with two attached hydrogens (primary N) is 1. The molecule has 3 aromatic rings. The summed E-state index contributed by atoms with van der Waals surface area (Å²) in [5.74, 6) is 1.05. The van der Waals surface area contributed by atoms with Crippen LogP contribution in [0.5, 0.6) is 0 Å². The third kappa shape index (κ3) is 7.05. The molecule has 2 heterocycles. The third-order valence-electron chi connectivity index (χ3n) is 6.13. The first-order chi connectivity index (χ1) is 16.4. The third-order valence-corrected chi connectivity index (χ3v) is 6.63. The minimum atomic E-state index is 0.250. The molecule has 1 aliphatic heterocycles. The quantitative estimate of drug-likeness (QED) is 0.493. The van der Waals surface area contributed by atoms with Gasteiger partial charge in [0.15, 0.2) is 0 Å². The number of rotatable bonds is 7. The molecular weight excluding hydrogens is 475 g/mol. The van der Waals surface area contributed by atoms with E-state index in [1.807, 2.05) is 24.3 Å². The Morgan fingerprint density at radius 2 is 1.65 bits per heavy atom. The molecule has 10 heteroatoms. The fourth-order valence-corrected chi connectivity index (χ4v) is 4.59. The average Bonchev–Trinajstić information content (AvgIpc) is 3.28. The van der Waals surface area contributed by atoms with E-state index >= 15 is 0 Å². The molecular formula is C24H28Cl2N6O2. The van der Waals surface area contributed by atoms with Gasteiger partial charge in [0.1, 0.15) is 0 Å². The highest BCUT2D eigenvalue weighted by atomic mass is 35.5. The molecule has 1 atom stereocenters. The minimum Gasteiger partial charge on any atom is -0.368 e. The first kappa shape index (κ1) is 25.7. The summed E-state index contributed by atoms with van der Waals surface area (Å²) in [5, 5.41) is 8.48. The predicted molar refractivity (Wildman–Crippen MR) is 133 cm³/mol. The van der Waals surface area contributed by atoms with Crippen molar-refractivity contribution in [3.63, 3.8) is 0 Å². The summed E-state index contributed by atoms with van der Waals surface area (Å²) in [6.07, 6.45) is 3.33. The largest absolute Gasteiger partial charge is 0.373 e. The smallest absolute Gasteiger partial charge is 0.368 e. The lowest BCUT2D eigenvalue weighted by molar-refractivity contribution is -0.191. The molecule has 0 spiro atoms. The van der Waals surface area contributed by atoms with E-state index in [1.54, 1.807) is 0 Å². The Morgan fingerprint density at radius 1 is 1.09 bits per heavy atom. The van der Waals surface area contributed by atoms with Crippen LogP contribution in [0.1, 0.15) is 36.9 Å². The SMILES string of the molecule is CC(c1ccc(Cl)cc1)N(CCc1ccc(Cl)cc1)C1CCN(c2n[nH]c(N)n2)CC1.O=C=O. The van der Waals surface area contributed by atoms with E-state index in [-0.39, 0.29) is 6.15 Å². The van der Waals surface area contributed by atoms with Gasteiger partial charge in [0, 0.05) is 41.8 Å². The lowest BCUT2D eigenvalue weighted by Crippen LogP contribution is -2.46. The molecule has 34 heavy (non-hydrogen) atoms. The number of nitrogen functional groups attached to an aromatic ring is 1. The highest BCUT2D eigenvalue weighted by Crippen LogP contribution is 2.29. The number of hydrogen-bond donors (Lipinski definition) is 2. The molecule has 1 saturated heterocycles. The van der Waals surface area contributed by atoms with Crippen molar-refractivity contribution in [2.45, 2.75) is 38.3 Å². The van der Waals surface area contributed by atoms with E-state index in [0.717, 1.165) is 48.9 Å². The van der Waals surface area contributed by atoms with Crippen LogP contribution >= 0.6 is 23.2 Å². The van der Waals surface area contributed by atoms with Gasteiger partial charge in [0.05, 0.1) is 0 Å². The van der Waals surface area contributed by atoms with Crippen LogP contribution in [0.2, 0.25) is 10.0 Å². The first-order valence-electron chi connectivity index (χ1n) is 11.1. The summed E-state index contributed by atoms with van der Waals surface area (Å²) in [6.45, 7) is 5.08. The Balaban J connectivity index is 0.00000103. The number of carbonyl (C=O) groups excluding carboxylic acids is 2. The van der Waals surface area contributed by atoms with Crippen LogP contribution in [-0.2, 0) is 16.0 Å². The summed E-state index contributed by atoms with van der Waals surface area (Å²) in [4.78, 5) is 25.4. The zero-order chi connectivity index (χ0) is 24.5. The highest BCUT2D eigenvalue weighted by molar-refractivity contribution is 6.30. The van der Waals surface area contributed by atoms with Crippen molar-refractivity contribution in [2.75, 3.05) is 30.3 Å². The van der Waals surface area contributed by atoms with Gasteiger partial charge < -0.3 is 10.6 Å². The van der Waals surface area contributed by atoms with Gasteiger partial charge in [-0.1, -0.05) is 47.5 Å². The van der Waals surface area contributed by atoms with Crippen LogP contribution in [-0.4, -0.2) is 51.9 Å². The number of benzene rings is 2. The van der Waals surface area contributed by atoms with Gasteiger partial charge in [-0.25, -0.2) is 5.10 Å². The zero-order valence-corrected chi connectivity index (χ0v) is 20.5. The molecule has 0 amide bonds. The van der Waals surface area contributed by atoms with Gasteiger partial charge in [-0.05, 0) is 61.6 Å². The maximum Gasteiger partial charge on any atom is 0.373 e. The topological polar surface area (TPSA) is 108 Å². The Morgan fingerprint density at radius 3 is 2.18 bits per heavy atom. The molecule has 4 rings (SSSR count). The molecule has 1 unspecified atom stereocenters. The van der Waals surface area contributed by atoms with Crippen LogP contribution in [0.3, 0.4) is 0 Å². The van der Waals surface area contributed by atoms with Crippen LogP contribution < -0.4 is 10.6 Å². The Bertz CT molecular complexity index is 1060. The number of hydrogen-bond acceptors (Lipinski definition) is 7. The molecule has 2 aromatic carbocycles. The van der Waals surface area contributed by atoms with Crippen LogP contribution in [0.25, 0.3) is 0 Å². The van der Waals surface area contributed by atoms with E-state index < -0.39 is 0 Å². The predicted octanol–water partition coefficient (Wildman–Crippen LogP) is 4.38. The Labute approximate surface area is 209 Å². The number of H-pyrrole nitrogens is 1. The standard InChI is InChI=1S/C23H28Cl2N6.CO2/c1-16(18-4-8-20(25)9-5-18)31(15-10-17-2-6-19(24)7-3-17)21-11-13-30(14-12-21)23-27-22(26)28-29-23;2-1-3/h2-9,16,21H,10-15H2,1H3,(H3,26,27,28,29);. The molecule has 3 N–H and O–H groups in total. The summed E-state index contributed by atoms with van der Waals surface area (Å²) in [6, 6.07) is 17.1. The lowest BCUT2D eigenvalue weighted by atomic mass is 9.97. The van der Waals surface area contributed by atoms with Crippen molar-refractivity contribution in [1.29, 1.82) is 0 Å². The normalized spacial score (nSPS) is 14.9. The van der Waals surface area contributed by atoms with Gasteiger partial charge in [-0.15, -0.1) is 5.10 Å². The van der Waals surface area contributed by atoms with Gasteiger partial charge in [-0.3, -0.25) is 4.90 Å². The molecule has 180 valence electrons. The summed E-state index contributed by atoms with van der Waals surface area (Å²) in [5.41, 5.74) is 8.28. The van der Waals surface area contributed by atoms with E-state index in [9.17, 15) is 0 Å². The maximum atomic E-state index is 8.12. The average molecular weight is 503 g/mol. The maximum absolute atomic E-state index is 8.12. The molecule has 1 aromatic heterocycles. The minimum absolute atomic E-state index is 0.250. The monoisotopic (exact) mass is 502 g/mol. The molecule has 0 saturated carbocycles. The van der Waals surface area contributed by atoms with Crippen molar-refractivity contribution >= 4 is 41.3 Å². The van der Waals surface area contributed by atoms with Crippen LogP contribution in [0.15, 0.2) is 48.5 Å². The van der Waals surface area contributed by atoms with E-state index in [1.165, 1.54) is 11.1 Å². The molecule has 0 bridgehead atoms. The summed E-state index contributed by atoms with van der Waals surface area (Å²) >= 11 is 12.2. The number of piperidine rings is 1. The van der Waals surface area contributed by atoms with E-state index in [0.29, 0.717) is 24.0 Å². The van der Waals surface area contributed by atoms with Crippen molar-refractivity contribution in [3.8, 4) is 0 Å². The Hall–Kier alpha value is -2.90. The highest BCUT2D eigenvalue weighted by Gasteiger charge is 2.29. The van der Waals surface area contributed by atoms with Gasteiger partial charge >= 0.3 is 6.15 Å². The lowest BCUT2D eigenvalue weighted by Gasteiger charge is -2.41. The summed E-state index contributed by atoms with van der Waals surface area (Å²) < 4.78 is 0. The zero-order valence-electron chi connectivity index (χ0n) is 19.0. The number of aromatic nitrogens is 3. The number of halogens is 2. The fraction of sp³-hybridized carbons (Fsp3) is 0.375. The van der Waals surface area contributed by atoms with Crippen molar-refractivity contribution in [3.05, 3.63) is 69.7 Å². The number of nitrogens with zero attached hydrogens (tertiary/aromatic N) is 4. The van der Waals surface area contributed by atoms with Crippen LogP contribution in [0.4, 0.5) is 11.9 Å². The van der Waals surface area contributed by atoms with Crippen LogP contribution in [0, 0.1) is 0 Å². The number of nitrogens with one attached hydrogen (secondary N) is 1. The molecule has 0 aliphatic carbocycles. The second-order valence-corrected chi connectivity index (χ2v) is 9.04.